The van der Waals surface area contributed by atoms with E-state index in [0.717, 1.165) is 22.5 Å². The van der Waals surface area contributed by atoms with E-state index in [1.54, 1.807) is 12.2 Å². The summed E-state index contributed by atoms with van der Waals surface area (Å²) in [4.78, 5) is 17.5. The Bertz CT molecular complexity index is 1820. The summed E-state index contributed by atoms with van der Waals surface area (Å²) in [5.74, 6) is -1.60. The van der Waals surface area contributed by atoms with Gasteiger partial charge in [0, 0.05) is 52.1 Å². The van der Waals surface area contributed by atoms with E-state index in [-0.39, 0.29) is 30.5 Å². The van der Waals surface area contributed by atoms with Crippen LogP contribution in [0.15, 0.2) is 83.3 Å². The molecule has 3 aliphatic rings. The van der Waals surface area contributed by atoms with Crippen LogP contribution >= 0.6 is 0 Å². The molecule has 1 atom stereocenters. The lowest BCUT2D eigenvalue weighted by Crippen LogP contribution is -2.43. The first kappa shape index (κ1) is 32.0. The second-order valence-corrected chi connectivity index (χ2v) is 15.8. The highest BCUT2D eigenvalue weighted by Crippen LogP contribution is 2.50. The molecule has 1 aliphatic carbocycles. The zero-order valence-corrected chi connectivity index (χ0v) is 26.8. The maximum Gasteiger partial charge on any atom is 0.264 e. The maximum atomic E-state index is 13.6. The van der Waals surface area contributed by atoms with Gasteiger partial charge >= 0.3 is 0 Å². The summed E-state index contributed by atoms with van der Waals surface area (Å²) in [6.45, 7) is 8.54. The Balaban J connectivity index is 1.50. The molecule has 1 unspecified atom stereocenters. The lowest BCUT2D eigenvalue weighted by atomic mass is 9.76. The van der Waals surface area contributed by atoms with E-state index < -0.39 is 60.2 Å². The number of anilines is 2. The summed E-state index contributed by atoms with van der Waals surface area (Å²) in [5, 5.41) is 13.6. The smallest absolute Gasteiger partial charge is 0.264 e. The Morgan fingerprint density at radius 1 is 0.841 bits per heavy atom. The molecule has 5 rings (SSSR count). The molecule has 0 saturated carbocycles. The van der Waals surface area contributed by atoms with E-state index >= 15 is 0 Å². The van der Waals surface area contributed by atoms with Gasteiger partial charge in [-0.1, -0.05) is 75.9 Å². The van der Waals surface area contributed by atoms with Crippen LogP contribution in [0.4, 0.5) is 11.4 Å². The van der Waals surface area contributed by atoms with E-state index in [1.807, 2.05) is 86.0 Å². The molecule has 12 heteroatoms. The average molecular weight is 642 g/mol. The highest BCUT2D eigenvalue weighted by Gasteiger charge is 2.45. The molecule has 0 radical (unpaired) electrons. The van der Waals surface area contributed by atoms with Gasteiger partial charge in [-0.3, -0.25) is 13.9 Å². The number of benzene rings is 2. The summed E-state index contributed by atoms with van der Waals surface area (Å²) in [5.41, 5.74) is 3.41. The molecule has 0 saturated heterocycles. The molecule has 0 fully saturated rings. The average Bonchev–Trinajstić information content (AvgIpc) is 3.27. The van der Waals surface area contributed by atoms with Crippen molar-refractivity contribution < 1.29 is 35.8 Å². The number of allylic oxidation sites excluding steroid dienone is 4. The Labute approximate surface area is 258 Å². The minimum Gasteiger partial charge on any atom is -0.871 e. The van der Waals surface area contributed by atoms with Crippen molar-refractivity contribution in [1.29, 1.82) is 0 Å². The highest BCUT2D eigenvalue weighted by atomic mass is 32.2. The lowest BCUT2D eigenvalue weighted by Gasteiger charge is -2.37. The minimum absolute atomic E-state index is 0.0400. The zero-order valence-electron chi connectivity index (χ0n) is 25.1. The Kier molecular flexibility index (Phi) is 8.11. The summed E-state index contributed by atoms with van der Waals surface area (Å²) in [6, 6.07) is 14.9. The predicted octanol–water partition coefficient (Wildman–Crippen LogP) is 3.51. The van der Waals surface area contributed by atoms with Crippen LogP contribution in [0, 0.1) is 0 Å². The number of carbonyl (C=O) groups is 1. The Morgan fingerprint density at radius 2 is 1.39 bits per heavy atom. The van der Waals surface area contributed by atoms with Gasteiger partial charge in [-0.2, -0.15) is 16.8 Å². The number of fused-ring (bicyclic) bond motifs is 2. The predicted molar refractivity (Wildman–Crippen MR) is 168 cm³/mol. The second kappa shape index (κ2) is 11.2. The van der Waals surface area contributed by atoms with Crippen LogP contribution in [0.3, 0.4) is 0 Å². The second-order valence-electron chi connectivity index (χ2n) is 12.6. The number of carbonyl (C=O) groups excluding carboxylic acids is 1. The molecule has 10 nitrogen and oxygen atoms in total. The van der Waals surface area contributed by atoms with Crippen LogP contribution in [0.5, 0.6) is 0 Å². The van der Waals surface area contributed by atoms with E-state index in [2.05, 4.69) is 0 Å². The van der Waals surface area contributed by atoms with Gasteiger partial charge in [0.15, 0.2) is 5.78 Å². The SMILES string of the molecule is CC1(C)/C(=C\C2=C([O-])C(=CC3N(CCCS(=O)(=O)O)c4ccccc4C3(C)C)C2=O)N(CCCS(=O)(=O)O)c2ccccc21. The summed E-state index contributed by atoms with van der Waals surface area (Å²) in [6.07, 6.45) is 3.59. The fraction of sp³-hybridized carbons (Fsp3) is 0.406. The number of ketones is 1. The number of nitrogens with zero attached hydrogens (tertiary/aromatic N) is 2. The number of Topliss-reactive ketones (excluding diaryl/α,β-unsaturated/α-hetero) is 1. The largest absolute Gasteiger partial charge is 0.871 e. The van der Waals surface area contributed by atoms with Crippen molar-refractivity contribution in [3.05, 3.63) is 94.4 Å². The summed E-state index contributed by atoms with van der Waals surface area (Å²) in [7, 11) is -8.30. The molecule has 0 amide bonds. The van der Waals surface area contributed by atoms with Gasteiger partial charge in [0.05, 0.1) is 17.5 Å². The third kappa shape index (κ3) is 5.83. The molecule has 0 bridgehead atoms. The van der Waals surface area contributed by atoms with Gasteiger partial charge in [0.25, 0.3) is 20.2 Å². The van der Waals surface area contributed by atoms with Gasteiger partial charge in [-0.25, -0.2) is 0 Å². The van der Waals surface area contributed by atoms with Crippen LogP contribution in [0.25, 0.3) is 0 Å². The third-order valence-corrected chi connectivity index (χ3v) is 10.6. The van der Waals surface area contributed by atoms with Gasteiger partial charge in [0.1, 0.15) is 0 Å². The topological polar surface area (TPSA) is 155 Å². The molecule has 0 aromatic heterocycles. The van der Waals surface area contributed by atoms with Crippen LogP contribution in [0.2, 0.25) is 0 Å². The first-order valence-corrected chi connectivity index (χ1v) is 17.7. The first-order chi connectivity index (χ1) is 20.4. The fourth-order valence-electron chi connectivity index (χ4n) is 6.70. The quantitative estimate of drug-likeness (QED) is 0.291. The van der Waals surface area contributed by atoms with Crippen molar-refractivity contribution in [3.63, 3.8) is 0 Å². The molecule has 2 heterocycles. The Hall–Kier alpha value is -3.45. The van der Waals surface area contributed by atoms with Gasteiger partial charge < -0.3 is 14.9 Å². The third-order valence-electron chi connectivity index (χ3n) is 8.95. The van der Waals surface area contributed by atoms with Gasteiger partial charge in [0.2, 0.25) is 0 Å². The standard InChI is InChI=1S/C32H38N2O8S2/c1-31(2)23-11-5-7-13-25(23)33(15-9-17-43(37,38)39)27(31)19-21-29(35)22(30(21)36)20-28-32(3,4)24-12-6-8-14-26(24)34(28)16-10-18-44(40,41)42/h5-8,11-14,19-20,27,35H,9-10,15-18H2,1-4H3,(H,37,38,39)(H,40,41,42)/p-1/b21-19?,28-20+. The molecular formula is C32H37N2O8S2-. The molecule has 2 aliphatic heterocycles. The van der Waals surface area contributed by atoms with Crippen LogP contribution in [-0.4, -0.2) is 62.4 Å². The fourth-order valence-corrected chi connectivity index (χ4v) is 7.69. The van der Waals surface area contributed by atoms with E-state index in [0.29, 0.717) is 12.2 Å². The highest BCUT2D eigenvalue weighted by molar-refractivity contribution is 7.86. The number of hydrogen-bond donors (Lipinski definition) is 2. The Morgan fingerprint density at radius 3 is 1.98 bits per heavy atom. The number of para-hydroxylation sites is 2. The van der Waals surface area contributed by atoms with Crippen LogP contribution < -0.4 is 14.9 Å². The van der Waals surface area contributed by atoms with Crippen molar-refractivity contribution in [3.8, 4) is 0 Å². The number of hydrogen-bond acceptors (Lipinski definition) is 8. The molecule has 236 valence electrons. The van der Waals surface area contributed by atoms with E-state index in [1.165, 1.54) is 0 Å². The molecular weight excluding hydrogens is 604 g/mol. The first-order valence-electron chi connectivity index (χ1n) is 14.5. The molecule has 2 aromatic carbocycles. The molecule has 2 aromatic rings. The number of rotatable bonds is 10. The van der Waals surface area contributed by atoms with E-state index in [9.17, 15) is 35.8 Å². The minimum atomic E-state index is -4.15. The maximum absolute atomic E-state index is 13.6. The summed E-state index contributed by atoms with van der Waals surface area (Å²) >= 11 is 0. The molecule has 2 N–H and O–H groups in total. The van der Waals surface area contributed by atoms with Crippen molar-refractivity contribution in [1.82, 2.24) is 0 Å². The van der Waals surface area contributed by atoms with Gasteiger partial charge in [-0.15, -0.1) is 0 Å². The van der Waals surface area contributed by atoms with Crippen molar-refractivity contribution in [2.24, 2.45) is 0 Å². The normalized spacial score (nSPS) is 22.5. The van der Waals surface area contributed by atoms with E-state index in [4.69, 9.17) is 0 Å². The molecule has 0 spiro atoms. The van der Waals surface area contributed by atoms with Crippen LogP contribution in [-0.2, 0) is 35.9 Å². The summed E-state index contributed by atoms with van der Waals surface area (Å²) < 4.78 is 64.1. The van der Waals surface area contributed by atoms with Crippen molar-refractivity contribution >= 4 is 37.4 Å². The zero-order chi connectivity index (χ0) is 32.2. The van der Waals surface area contributed by atoms with Crippen molar-refractivity contribution in [2.75, 3.05) is 34.4 Å². The molecule has 44 heavy (non-hydrogen) atoms. The van der Waals surface area contributed by atoms with Crippen molar-refractivity contribution in [2.45, 2.75) is 57.4 Å². The van der Waals surface area contributed by atoms with Gasteiger partial charge in [-0.05, 0) is 42.2 Å². The monoisotopic (exact) mass is 641 g/mol. The lowest BCUT2D eigenvalue weighted by molar-refractivity contribution is -0.300. The van der Waals surface area contributed by atoms with Crippen LogP contribution in [0.1, 0.15) is 51.7 Å².